The van der Waals surface area contributed by atoms with Crippen molar-refractivity contribution in [2.45, 2.75) is 47.1 Å². The van der Waals surface area contributed by atoms with Gasteiger partial charge in [-0.2, -0.15) is 0 Å². The number of benzene rings is 1. The molecule has 1 fully saturated rings. The quantitative estimate of drug-likeness (QED) is 0.914. The molecule has 5 nitrogen and oxygen atoms in total. The summed E-state index contributed by atoms with van der Waals surface area (Å²) in [6, 6.07) is 6.27. The van der Waals surface area contributed by atoms with Crippen molar-refractivity contribution >= 4 is 11.9 Å². The number of nitrogens with zero attached hydrogens (tertiary/aromatic N) is 2. The molecule has 1 heterocycles. The molecular formula is C20H31N3O2. The highest BCUT2D eigenvalue weighted by atomic mass is 16.2. The third kappa shape index (κ3) is 5.21. The molecule has 3 amide bonds. The molecule has 138 valence electrons. The smallest absolute Gasteiger partial charge is 0.317 e. The zero-order valence-corrected chi connectivity index (χ0v) is 16.1. The molecule has 1 saturated heterocycles. The van der Waals surface area contributed by atoms with Crippen molar-refractivity contribution in [3.8, 4) is 0 Å². The molecule has 0 saturated carbocycles. The summed E-state index contributed by atoms with van der Waals surface area (Å²) in [5.74, 6) is 0.177. The molecule has 1 aliphatic heterocycles. The van der Waals surface area contributed by atoms with Gasteiger partial charge in [0.2, 0.25) is 5.91 Å². The first-order valence-corrected chi connectivity index (χ1v) is 9.20. The van der Waals surface area contributed by atoms with E-state index in [2.05, 4.69) is 37.4 Å². The van der Waals surface area contributed by atoms with Crippen LogP contribution in [0, 0.1) is 19.8 Å². The van der Waals surface area contributed by atoms with Gasteiger partial charge in [0.15, 0.2) is 0 Å². The third-order valence-corrected chi connectivity index (χ3v) is 4.67. The van der Waals surface area contributed by atoms with Crippen molar-refractivity contribution in [1.29, 1.82) is 0 Å². The van der Waals surface area contributed by atoms with E-state index in [0.717, 1.165) is 18.5 Å². The fourth-order valence-electron chi connectivity index (χ4n) is 3.33. The minimum Gasteiger partial charge on any atom is -0.341 e. The molecule has 0 aliphatic carbocycles. The second-order valence-corrected chi connectivity index (χ2v) is 7.41. The Labute approximate surface area is 151 Å². The first-order valence-electron chi connectivity index (χ1n) is 9.20. The minimum atomic E-state index is -0.0505. The number of amides is 3. The van der Waals surface area contributed by atoms with Gasteiger partial charge in [0.1, 0.15) is 0 Å². The standard InChI is InChI=1S/C20H31N3O2/c1-14(2)19(24)22-7-6-8-23(10-9-22)20(25)21-17(5)18-12-15(3)11-16(4)13-18/h11-14,17H,6-10H2,1-5H3,(H,21,25)/t17-/m1/s1. The van der Waals surface area contributed by atoms with Crippen molar-refractivity contribution in [3.63, 3.8) is 0 Å². The van der Waals surface area contributed by atoms with Crippen LogP contribution in [0.3, 0.4) is 0 Å². The normalized spacial score (nSPS) is 16.6. The Morgan fingerprint density at radius 1 is 0.920 bits per heavy atom. The monoisotopic (exact) mass is 345 g/mol. The number of aryl methyl sites for hydroxylation is 2. The van der Waals surface area contributed by atoms with Crippen LogP contribution >= 0.6 is 0 Å². The maximum atomic E-state index is 12.6. The molecule has 0 spiro atoms. The van der Waals surface area contributed by atoms with Gasteiger partial charge in [0.25, 0.3) is 0 Å². The van der Waals surface area contributed by atoms with Gasteiger partial charge in [-0.3, -0.25) is 4.79 Å². The Bertz CT molecular complexity index is 607. The van der Waals surface area contributed by atoms with E-state index >= 15 is 0 Å². The molecule has 1 atom stereocenters. The van der Waals surface area contributed by atoms with Crippen LogP contribution in [0.25, 0.3) is 0 Å². The van der Waals surface area contributed by atoms with Gasteiger partial charge < -0.3 is 15.1 Å². The van der Waals surface area contributed by atoms with E-state index in [1.165, 1.54) is 11.1 Å². The van der Waals surface area contributed by atoms with E-state index in [1.807, 2.05) is 30.6 Å². The lowest BCUT2D eigenvalue weighted by Crippen LogP contribution is -2.43. The molecule has 1 N–H and O–H groups in total. The van der Waals surface area contributed by atoms with E-state index in [9.17, 15) is 9.59 Å². The molecule has 5 heteroatoms. The summed E-state index contributed by atoms with van der Waals surface area (Å²) in [6.45, 7) is 12.6. The SMILES string of the molecule is Cc1cc(C)cc([C@@H](C)NC(=O)N2CCCN(C(=O)C(C)C)CC2)c1. The van der Waals surface area contributed by atoms with Crippen LogP contribution in [-0.4, -0.2) is 47.9 Å². The summed E-state index contributed by atoms with van der Waals surface area (Å²) in [6.07, 6.45) is 0.823. The van der Waals surface area contributed by atoms with Crippen molar-refractivity contribution in [2.75, 3.05) is 26.2 Å². The van der Waals surface area contributed by atoms with E-state index in [-0.39, 0.29) is 23.9 Å². The Hall–Kier alpha value is -2.04. The van der Waals surface area contributed by atoms with Crippen LogP contribution < -0.4 is 5.32 Å². The highest BCUT2D eigenvalue weighted by Gasteiger charge is 2.24. The van der Waals surface area contributed by atoms with Crippen molar-refractivity contribution in [1.82, 2.24) is 15.1 Å². The van der Waals surface area contributed by atoms with Crippen molar-refractivity contribution in [3.05, 3.63) is 34.9 Å². The van der Waals surface area contributed by atoms with Crippen LogP contribution in [0.2, 0.25) is 0 Å². The predicted molar refractivity (Wildman–Crippen MR) is 100 cm³/mol. The summed E-state index contributed by atoms with van der Waals surface area (Å²) in [7, 11) is 0. The lowest BCUT2D eigenvalue weighted by atomic mass is 10.0. The highest BCUT2D eigenvalue weighted by Crippen LogP contribution is 2.17. The Morgan fingerprint density at radius 2 is 1.48 bits per heavy atom. The molecule has 1 aromatic rings. The van der Waals surface area contributed by atoms with Gasteiger partial charge in [-0.15, -0.1) is 0 Å². The number of carbonyl (C=O) groups is 2. The molecule has 2 rings (SSSR count). The van der Waals surface area contributed by atoms with Crippen molar-refractivity contribution in [2.24, 2.45) is 5.92 Å². The van der Waals surface area contributed by atoms with Gasteiger partial charge in [-0.05, 0) is 32.8 Å². The van der Waals surface area contributed by atoms with Gasteiger partial charge >= 0.3 is 6.03 Å². The molecular weight excluding hydrogens is 314 g/mol. The fourth-order valence-corrected chi connectivity index (χ4v) is 3.33. The van der Waals surface area contributed by atoms with E-state index in [4.69, 9.17) is 0 Å². The molecule has 1 aromatic carbocycles. The summed E-state index contributed by atoms with van der Waals surface area (Å²) >= 11 is 0. The third-order valence-electron chi connectivity index (χ3n) is 4.67. The topological polar surface area (TPSA) is 52.7 Å². The summed E-state index contributed by atoms with van der Waals surface area (Å²) in [5, 5.41) is 3.10. The van der Waals surface area contributed by atoms with Crippen LogP contribution in [0.4, 0.5) is 4.79 Å². The molecule has 0 radical (unpaired) electrons. The lowest BCUT2D eigenvalue weighted by Gasteiger charge is -2.25. The summed E-state index contributed by atoms with van der Waals surface area (Å²) in [5.41, 5.74) is 3.53. The van der Waals surface area contributed by atoms with E-state index in [0.29, 0.717) is 19.6 Å². The molecule has 0 aromatic heterocycles. The average Bonchev–Trinajstić information content (AvgIpc) is 2.79. The lowest BCUT2D eigenvalue weighted by molar-refractivity contribution is -0.134. The van der Waals surface area contributed by atoms with E-state index < -0.39 is 0 Å². The number of urea groups is 1. The minimum absolute atomic E-state index is 0.00459. The second-order valence-electron chi connectivity index (χ2n) is 7.41. The van der Waals surface area contributed by atoms with Crippen LogP contribution in [0.1, 0.15) is 49.9 Å². The van der Waals surface area contributed by atoms with Gasteiger partial charge in [0.05, 0.1) is 6.04 Å². The number of nitrogens with one attached hydrogen (secondary N) is 1. The number of carbonyl (C=O) groups excluding carboxylic acids is 2. The second kappa shape index (κ2) is 8.37. The predicted octanol–water partition coefficient (Wildman–Crippen LogP) is 3.26. The number of rotatable bonds is 3. The first-order chi connectivity index (χ1) is 11.8. The fraction of sp³-hybridized carbons (Fsp3) is 0.600. The Morgan fingerprint density at radius 3 is 2.08 bits per heavy atom. The van der Waals surface area contributed by atoms with Crippen molar-refractivity contribution < 1.29 is 9.59 Å². The molecule has 25 heavy (non-hydrogen) atoms. The first kappa shape index (κ1) is 19.3. The van der Waals surface area contributed by atoms with Crippen LogP contribution in [0.15, 0.2) is 18.2 Å². The summed E-state index contributed by atoms with van der Waals surface area (Å²) in [4.78, 5) is 28.5. The zero-order valence-electron chi connectivity index (χ0n) is 16.1. The van der Waals surface area contributed by atoms with E-state index in [1.54, 1.807) is 0 Å². The number of hydrogen-bond donors (Lipinski definition) is 1. The molecule has 0 unspecified atom stereocenters. The maximum Gasteiger partial charge on any atom is 0.317 e. The highest BCUT2D eigenvalue weighted by molar-refractivity contribution is 5.78. The maximum absolute atomic E-state index is 12.6. The Kier molecular flexibility index (Phi) is 6.45. The van der Waals surface area contributed by atoms with Gasteiger partial charge in [-0.1, -0.05) is 43.2 Å². The van der Waals surface area contributed by atoms with Crippen LogP contribution in [0.5, 0.6) is 0 Å². The van der Waals surface area contributed by atoms with Crippen LogP contribution in [-0.2, 0) is 4.79 Å². The summed E-state index contributed by atoms with van der Waals surface area (Å²) < 4.78 is 0. The largest absolute Gasteiger partial charge is 0.341 e. The van der Waals surface area contributed by atoms with Gasteiger partial charge in [0, 0.05) is 32.1 Å². The number of hydrogen-bond acceptors (Lipinski definition) is 2. The zero-order chi connectivity index (χ0) is 18.6. The average molecular weight is 345 g/mol. The molecule has 0 bridgehead atoms. The molecule has 1 aliphatic rings. The van der Waals surface area contributed by atoms with Gasteiger partial charge in [-0.25, -0.2) is 4.79 Å². The Balaban J connectivity index is 1.95.